The van der Waals surface area contributed by atoms with Gasteiger partial charge in [-0.2, -0.15) is 0 Å². The quantitative estimate of drug-likeness (QED) is 0.695. The normalized spacial score (nSPS) is 15.3. The van der Waals surface area contributed by atoms with Crippen molar-refractivity contribution in [3.8, 4) is 0 Å². The van der Waals surface area contributed by atoms with Crippen molar-refractivity contribution in [3.63, 3.8) is 0 Å². The minimum Gasteiger partial charge on any atom is -0.354 e. The van der Waals surface area contributed by atoms with Crippen LogP contribution in [0.25, 0.3) is 6.08 Å². The monoisotopic (exact) mass is 432 g/mol. The number of carbonyl (C=O) groups is 3. The van der Waals surface area contributed by atoms with E-state index < -0.39 is 17.6 Å². The van der Waals surface area contributed by atoms with Gasteiger partial charge >= 0.3 is 0 Å². The van der Waals surface area contributed by atoms with Crippen LogP contribution >= 0.6 is 23.4 Å². The number of hydrogen-bond donors (Lipinski definition) is 1. The van der Waals surface area contributed by atoms with Crippen molar-refractivity contribution in [2.24, 2.45) is 0 Å². The molecule has 1 N–H and O–H groups in total. The molecule has 3 rings (SSSR count). The molecule has 0 bridgehead atoms. The molecule has 0 aliphatic carbocycles. The molecule has 1 heterocycles. The van der Waals surface area contributed by atoms with Gasteiger partial charge in [0.2, 0.25) is 5.91 Å². The van der Waals surface area contributed by atoms with E-state index in [1.165, 1.54) is 18.2 Å². The van der Waals surface area contributed by atoms with Crippen LogP contribution in [0.4, 0.5) is 9.18 Å². The summed E-state index contributed by atoms with van der Waals surface area (Å²) in [6, 6.07) is 11.8. The first kappa shape index (κ1) is 21.1. The first-order valence-corrected chi connectivity index (χ1v) is 10.1. The second kappa shape index (κ2) is 9.24. The van der Waals surface area contributed by atoms with Gasteiger partial charge in [-0.25, -0.2) is 4.39 Å². The van der Waals surface area contributed by atoms with E-state index in [9.17, 15) is 18.8 Å². The third-order valence-corrected chi connectivity index (χ3v) is 5.57. The highest BCUT2D eigenvalue weighted by Gasteiger charge is 2.34. The van der Waals surface area contributed by atoms with Crippen LogP contribution in [0.1, 0.15) is 16.7 Å². The molecule has 1 saturated heterocycles. The number of rotatable bonds is 6. The Morgan fingerprint density at radius 2 is 1.93 bits per heavy atom. The van der Waals surface area contributed by atoms with E-state index in [-0.39, 0.29) is 35.3 Å². The zero-order valence-corrected chi connectivity index (χ0v) is 17.1. The van der Waals surface area contributed by atoms with E-state index >= 15 is 0 Å². The molecular formula is C21H18ClFN2O3S. The van der Waals surface area contributed by atoms with Crippen LogP contribution in [-0.4, -0.2) is 35.0 Å². The van der Waals surface area contributed by atoms with Gasteiger partial charge in [-0.3, -0.25) is 19.3 Å². The molecule has 2 aromatic carbocycles. The summed E-state index contributed by atoms with van der Waals surface area (Å²) >= 11 is 6.78. The smallest absolute Gasteiger partial charge is 0.293 e. The van der Waals surface area contributed by atoms with E-state index in [1.54, 1.807) is 6.08 Å². The Bertz CT molecular complexity index is 972. The summed E-state index contributed by atoms with van der Waals surface area (Å²) in [4.78, 5) is 38.1. The van der Waals surface area contributed by atoms with Crippen molar-refractivity contribution in [1.82, 2.24) is 10.2 Å². The van der Waals surface area contributed by atoms with Crippen molar-refractivity contribution in [2.45, 2.75) is 13.3 Å². The van der Waals surface area contributed by atoms with E-state index in [1.807, 2.05) is 31.2 Å². The van der Waals surface area contributed by atoms with Crippen molar-refractivity contribution in [1.29, 1.82) is 0 Å². The van der Waals surface area contributed by atoms with Crippen molar-refractivity contribution in [2.75, 3.05) is 13.1 Å². The lowest BCUT2D eigenvalue weighted by molar-refractivity contribution is -0.124. The lowest BCUT2D eigenvalue weighted by Crippen LogP contribution is -2.37. The van der Waals surface area contributed by atoms with Crippen LogP contribution in [-0.2, 0) is 16.0 Å². The largest absolute Gasteiger partial charge is 0.354 e. The summed E-state index contributed by atoms with van der Waals surface area (Å²) < 4.78 is 13.8. The molecule has 0 aromatic heterocycles. The van der Waals surface area contributed by atoms with Gasteiger partial charge in [0.1, 0.15) is 5.82 Å². The average molecular weight is 433 g/mol. The highest BCUT2D eigenvalue weighted by molar-refractivity contribution is 8.18. The molecule has 0 spiro atoms. The Labute approximate surface area is 176 Å². The van der Waals surface area contributed by atoms with Crippen molar-refractivity contribution < 1.29 is 18.8 Å². The first-order valence-electron chi connectivity index (χ1n) is 8.87. The number of carbonyl (C=O) groups excluding carboxylic acids is 3. The molecule has 0 unspecified atom stereocenters. The van der Waals surface area contributed by atoms with Crippen LogP contribution in [0.3, 0.4) is 0 Å². The van der Waals surface area contributed by atoms with Crippen LogP contribution in [0.5, 0.6) is 0 Å². The first-order chi connectivity index (χ1) is 13.8. The van der Waals surface area contributed by atoms with Gasteiger partial charge in [0.05, 0.1) is 11.3 Å². The number of aryl methyl sites for hydroxylation is 1. The molecular weight excluding hydrogens is 415 g/mol. The minimum atomic E-state index is -0.556. The van der Waals surface area contributed by atoms with Crippen LogP contribution < -0.4 is 5.32 Å². The number of thioether (sulfide) groups is 1. The van der Waals surface area contributed by atoms with Crippen LogP contribution in [0.15, 0.2) is 47.4 Å². The van der Waals surface area contributed by atoms with E-state index in [0.29, 0.717) is 4.91 Å². The number of halogens is 2. The Morgan fingerprint density at radius 3 is 2.62 bits per heavy atom. The Hall–Kier alpha value is -2.64. The maximum atomic E-state index is 13.8. The summed E-state index contributed by atoms with van der Waals surface area (Å²) in [5, 5.41) is 2.37. The second-order valence-electron chi connectivity index (χ2n) is 6.47. The van der Waals surface area contributed by atoms with Crippen LogP contribution in [0, 0.1) is 12.7 Å². The summed E-state index contributed by atoms with van der Waals surface area (Å²) in [6.07, 6.45) is 1.45. The Morgan fingerprint density at radius 1 is 1.21 bits per heavy atom. The molecule has 1 aliphatic heterocycles. The number of amides is 3. The highest BCUT2D eigenvalue weighted by atomic mass is 35.5. The second-order valence-corrected chi connectivity index (χ2v) is 7.87. The van der Waals surface area contributed by atoms with Gasteiger partial charge in [-0.05, 0) is 42.5 Å². The lowest BCUT2D eigenvalue weighted by Gasteiger charge is -2.13. The molecule has 1 fully saturated rings. The van der Waals surface area contributed by atoms with Gasteiger partial charge in [0.15, 0.2) is 0 Å². The third kappa shape index (κ3) is 5.25. The van der Waals surface area contributed by atoms with Gasteiger partial charge in [0.25, 0.3) is 11.1 Å². The molecule has 1 aliphatic rings. The summed E-state index contributed by atoms with van der Waals surface area (Å²) in [5.41, 5.74) is 2.04. The molecule has 0 atom stereocenters. The SMILES string of the molecule is Cc1ccc(/C=C2\SC(=O)N(CCNC(=O)Cc3c(F)cccc3Cl)C2=O)cc1. The minimum absolute atomic E-state index is 0.0344. The summed E-state index contributed by atoms with van der Waals surface area (Å²) in [7, 11) is 0. The zero-order chi connectivity index (χ0) is 21.0. The molecule has 0 radical (unpaired) electrons. The average Bonchev–Trinajstić information content (AvgIpc) is 2.94. The molecule has 8 heteroatoms. The number of nitrogens with zero attached hydrogens (tertiary/aromatic N) is 1. The fraction of sp³-hybridized carbons (Fsp3) is 0.190. The molecule has 2 aromatic rings. The molecule has 150 valence electrons. The maximum Gasteiger partial charge on any atom is 0.293 e. The zero-order valence-electron chi connectivity index (χ0n) is 15.6. The predicted octanol–water partition coefficient (Wildman–Crippen LogP) is 4.18. The molecule has 3 amide bonds. The topological polar surface area (TPSA) is 66.5 Å². The van der Waals surface area contributed by atoms with Gasteiger partial charge in [-0.1, -0.05) is 47.5 Å². The predicted molar refractivity (Wildman–Crippen MR) is 112 cm³/mol. The van der Waals surface area contributed by atoms with Gasteiger partial charge in [-0.15, -0.1) is 0 Å². The maximum absolute atomic E-state index is 13.8. The number of imide groups is 1. The van der Waals surface area contributed by atoms with Crippen LogP contribution in [0.2, 0.25) is 5.02 Å². The fourth-order valence-corrected chi connectivity index (χ4v) is 3.83. The fourth-order valence-electron chi connectivity index (χ4n) is 2.74. The molecule has 5 nitrogen and oxygen atoms in total. The molecule has 0 saturated carbocycles. The van der Waals surface area contributed by atoms with Gasteiger partial charge < -0.3 is 5.32 Å². The van der Waals surface area contributed by atoms with Gasteiger partial charge in [0, 0.05) is 23.7 Å². The highest BCUT2D eigenvalue weighted by Crippen LogP contribution is 2.31. The lowest BCUT2D eigenvalue weighted by atomic mass is 10.1. The molecule has 29 heavy (non-hydrogen) atoms. The third-order valence-electron chi connectivity index (χ3n) is 4.31. The van der Waals surface area contributed by atoms with Crippen molar-refractivity contribution >= 4 is 46.5 Å². The van der Waals surface area contributed by atoms with E-state index in [4.69, 9.17) is 11.6 Å². The standard InChI is InChI=1S/C21H18ClFN2O3S/c1-13-5-7-14(8-6-13)11-18-20(27)25(21(28)29-18)10-9-24-19(26)12-15-16(22)3-2-4-17(15)23/h2-8,11H,9-10,12H2,1H3,(H,24,26)/b18-11-. The number of benzene rings is 2. The summed E-state index contributed by atoms with van der Waals surface area (Å²) in [6.45, 7) is 2.07. The Balaban J connectivity index is 1.55. The van der Waals surface area contributed by atoms with E-state index in [2.05, 4.69) is 5.32 Å². The number of hydrogen-bond acceptors (Lipinski definition) is 4. The summed E-state index contributed by atoms with van der Waals surface area (Å²) in [5.74, 6) is -1.40. The van der Waals surface area contributed by atoms with Crippen molar-refractivity contribution in [3.05, 3.63) is 74.9 Å². The van der Waals surface area contributed by atoms with E-state index in [0.717, 1.165) is 27.8 Å². The Kier molecular flexibility index (Phi) is 6.71. The number of nitrogens with one attached hydrogen (secondary N) is 1.